The molecule has 1 fully saturated rings. The van der Waals surface area contributed by atoms with Crippen molar-refractivity contribution in [3.8, 4) is 0 Å². The highest BCUT2D eigenvalue weighted by molar-refractivity contribution is 5.95. The molecule has 1 aromatic heterocycles. The first-order chi connectivity index (χ1) is 6.88. The topological polar surface area (TPSA) is 30.2 Å². The van der Waals surface area contributed by atoms with Crippen molar-refractivity contribution in [3.63, 3.8) is 0 Å². The van der Waals surface area contributed by atoms with Gasteiger partial charge in [-0.15, -0.1) is 0 Å². The summed E-state index contributed by atoms with van der Waals surface area (Å²) in [6.45, 7) is 0. The van der Waals surface area contributed by atoms with Crippen LogP contribution in [-0.2, 0) is 0 Å². The van der Waals surface area contributed by atoms with Crippen LogP contribution in [0, 0.1) is 5.92 Å². The molecular formula is C12H16O2. The summed E-state index contributed by atoms with van der Waals surface area (Å²) in [4.78, 5) is 11.9. The highest BCUT2D eigenvalue weighted by Crippen LogP contribution is 2.26. The van der Waals surface area contributed by atoms with Gasteiger partial charge in [0.1, 0.15) is 0 Å². The summed E-state index contributed by atoms with van der Waals surface area (Å²) in [5.74, 6) is 0.956. The fourth-order valence-electron chi connectivity index (χ4n) is 2.16. The predicted molar refractivity (Wildman–Crippen MR) is 54.2 cm³/mol. The third-order valence-corrected chi connectivity index (χ3v) is 2.99. The molecule has 2 heteroatoms. The zero-order valence-electron chi connectivity index (χ0n) is 8.37. The molecule has 0 atom stereocenters. The van der Waals surface area contributed by atoms with Crippen molar-refractivity contribution in [2.75, 3.05) is 0 Å². The van der Waals surface area contributed by atoms with Gasteiger partial charge in [-0.1, -0.05) is 25.7 Å². The molecule has 0 aliphatic heterocycles. The van der Waals surface area contributed by atoms with E-state index in [2.05, 4.69) is 0 Å². The molecule has 1 heterocycles. The average Bonchev–Trinajstić information content (AvgIpc) is 2.59. The lowest BCUT2D eigenvalue weighted by atomic mass is 9.94. The molecule has 0 aromatic carbocycles. The normalized spacial score (nSPS) is 19.1. The van der Waals surface area contributed by atoms with Gasteiger partial charge in [-0.25, -0.2) is 0 Å². The highest BCUT2D eigenvalue weighted by atomic mass is 16.3. The molecule has 1 saturated carbocycles. The molecule has 1 aliphatic carbocycles. The Kier molecular flexibility index (Phi) is 3.02. The largest absolute Gasteiger partial charge is 0.461 e. The number of furan rings is 1. The van der Waals surface area contributed by atoms with E-state index in [0.717, 1.165) is 12.8 Å². The van der Waals surface area contributed by atoms with E-state index in [9.17, 15) is 4.79 Å². The van der Waals surface area contributed by atoms with Gasteiger partial charge in [0.2, 0.25) is 5.78 Å². The van der Waals surface area contributed by atoms with Crippen molar-refractivity contribution in [2.24, 2.45) is 5.92 Å². The Balaban J connectivity index is 2.03. The maximum Gasteiger partial charge on any atom is 0.201 e. The second-order valence-electron chi connectivity index (χ2n) is 4.03. The summed E-state index contributed by atoms with van der Waals surface area (Å²) in [6.07, 6.45) is 8.60. The van der Waals surface area contributed by atoms with Gasteiger partial charge >= 0.3 is 0 Å². The van der Waals surface area contributed by atoms with Crippen molar-refractivity contribution in [1.29, 1.82) is 0 Å². The van der Waals surface area contributed by atoms with E-state index in [1.807, 2.05) is 0 Å². The first kappa shape index (κ1) is 9.50. The summed E-state index contributed by atoms with van der Waals surface area (Å²) in [5.41, 5.74) is 0. The molecule has 0 saturated heterocycles. The van der Waals surface area contributed by atoms with Crippen molar-refractivity contribution in [1.82, 2.24) is 0 Å². The van der Waals surface area contributed by atoms with Gasteiger partial charge in [0, 0.05) is 5.92 Å². The van der Waals surface area contributed by atoms with Gasteiger partial charge in [-0.2, -0.15) is 0 Å². The molecule has 1 aliphatic rings. The van der Waals surface area contributed by atoms with Crippen LogP contribution < -0.4 is 0 Å². The summed E-state index contributed by atoms with van der Waals surface area (Å²) in [6, 6.07) is 3.55. The molecule has 2 nitrogen and oxygen atoms in total. The van der Waals surface area contributed by atoms with Crippen LogP contribution in [0.15, 0.2) is 22.8 Å². The van der Waals surface area contributed by atoms with E-state index >= 15 is 0 Å². The van der Waals surface area contributed by atoms with E-state index in [4.69, 9.17) is 4.42 Å². The molecule has 0 bridgehead atoms. The Labute approximate surface area is 84.3 Å². The van der Waals surface area contributed by atoms with Gasteiger partial charge < -0.3 is 4.42 Å². The molecule has 0 unspecified atom stereocenters. The van der Waals surface area contributed by atoms with Crippen LogP contribution in [0.3, 0.4) is 0 Å². The second-order valence-corrected chi connectivity index (χ2v) is 4.03. The molecule has 0 spiro atoms. The maximum absolute atomic E-state index is 11.9. The number of Topliss-reactive ketones (excluding diaryl/α,β-unsaturated/α-hetero) is 1. The average molecular weight is 192 g/mol. The van der Waals surface area contributed by atoms with Crippen LogP contribution >= 0.6 is 0 Å². The smallest absolute Gasteiger partial charge is 0.201 e. The minimum Gasteiger partial charge on any atom is -0.461 e. The summed E-state index contributed by atoms with van der Waals surface area (Å²) in [5, 5.41) is 0. The maximum atomic E-state index is 11.9. The number of hydrogen-bond acceptors (Lipinski definition) is 2. The molecular weight excluding hydrogens is 176 g/mol. The monoisotopic (exact) mass is 192 g/mol. The highest BCUT2D eigenvalue weighted by Gasteiger charge is 2.22. The zero-order valence-corrected chi connectivity index (χ0v) is 8.37. The quantitative estimate of drug-likeness (QED) is 0.530. The molecule has 0 radical (unpaired) electrons. The van der Waals surface area contributed by atoms with E-state index < -0.39 is 0 Å². The first-order valence-corrected chi connectivity index (χ1v) is 5.45. The third kappa shape index (κ3) is 2.06. The summed E-state index contributed by atoms with van der Waals surface area (Å²) in [7, 11) is 0. The van der Waals surface area contributed by atoms with E-state index in [0.29, 0.717) is 5.76 Å². The lowest BCUT2D eigenvalue weighted by molar-refractivity contribution is 0.0879. The van der Waals surface area contributed by atoms with Crippen LogP contribution in [0.25, 0.3) is 0 Å². The van der Waals surface area contributed by atoms with Crippen LogP contribution in [-0.4, -0.2) is 5.78 Å². The SMILES string of the molecule is O=C(c1ccco1)C1CCCCCC1. The Morgan fingerprint density at radius 2 is 1.93 bits per heavy atom. The standard InChI is InChI=1S/C12H16O2/c13-12(11-8-5-9-14-11)10-6-3-1-2-4-7-10/h5,8-10H,1-4,6-7H2. The fraction of sp³-hybridized carbons (Fsp3) is 0.583. The lowest BCUT2D eigenvalue weighted by Gasteiger charge is -2.09. The number of rotatable bonds is 2. The van der Waals surface area contributed by atoms with E-state index in [-0.39, 0.29) is 11.7 Å². The van der Waals surface area contributed by atoms with Crippen molar-refractivity contribution in [3.05, 3.63) is 24.2 Å². The Bertz CT molecular complexity index is 279. The van der Waals surface area contributed by atoms with E-state index in [1.165, 1.54) is 25.7 Å². The Morgan fingerprint density at radius 1 is 1.21 bits per heavy atom. The summed E-state index contributed by atoms with van der Waals surface area (Å²) >= 11 is 0. The lowest BCUT2D eigenvalue weighted by Crippen LogP contribution is -2.13. The van der Waals surface area contributed by atoms with Crippen LogP contribution in [0.2, 0.25) is 0 Å². The second kappa shape index (κ2) is 4.45. The molecule has 0 N–H and O–H groups in total. The number of carbonyl (C=O) groups is 1. The van der Waals surface area contributed by atoms with E-state index in [1.54, 1.807) is 18.4 Å². The predicted octanol–water partition coefficient (Wildman–Crippen LogP) is 3.43. The summed E-state index contributed by atoms with van der Waals surface area (Å²) < 4.78 is 5.14. The van der Waals surface area contributed by atoms with Gasteiger partial charge in [-0.3, -0.25) is 4.79 Å². The Morgan fingerprint density at radius 3 is 2.50 bits per heavy atom. The van der Waals surface area contributed by atoms with Crippen LogP contribution in [0.5, 0.6) is 0 Å². The van der Waals surface area contributed by atoms with Gasteiger partial charge in [0.25, 0.3) is 0 Å². The van der Waals surface area contributed by atoms with Gasteiger partial charge in [0.05, 0.1) is 6.26 Å². The number of hydrogen-bond donors (Lipinski definition) is 0. The Hall–Kier alpha value is -1.05. The molecule has 0 amide bonds. The number of ketones is 1. The van der Waals surface area contributed by atoms with Crippen molar-refractivity contribution >= 4 is 5.78 Å². The fourth-order valence-corrected chi connectivity index (χ4v) is 2.16. The number of carbonyl (C=O) groups excluding carboxylic acids is 1. The molecule has 76 valence electrons. The van der Waals surface area contributed by atoms with Crippen LogP contribution in [0.4, 0.5) is 0 Å². The molecule has 14 heavy (non-hydrogen) atoms. The molecule has 2 rings (SSSR count). The van der Waals surface area contributed by atoms with Crippen LogP contribution in [0.1, 0.15) is 49.1 Å². The zero-order chi connectivity index (χ0) is 9.80. The van der Waals surface area contributed by atoms with Gasteiger partial charge in [0.15, 0.2) is 5.76 Å². The molecule has 1 aromatic rings. The minimum absolute atomic E-state index is 0.205. The van der Waals surface area contributed by atoms with Gasteiger partial charge in [-0.05, 0) is 25.0 Å². The van der Waals surface area contributed by atoms with Crippen molar-refractivity contribution in [2.45, 2.75) is 38.5 Å². The van der Waals surface area contributed by atoms with Crippen molar-refractivity contribution < 1.29 is 9.21 Å². The third-order valence-electron chi connectivity index (χ3n) is 2.99. The first-order valence-electron chi connectivity index (χ1n) is 5.45. The minimum atomic E-state index is 0.205.